The minimum atomic E-state index is -0.344. The summed E-state index contributed by atoms with van der Waals surface area (Å²) in [5.74, 6) is -0.170. The Kier molecular flexibility index (Phi) is 5.41. The molecule has 1 aromatic carbocycles. The lowest BCUT2D eigenvalue weighted by Crippen LogP contribution is -2.22. The van der Waals surface area contributed by atoms with Crippen molar-refractivity contribution in [1.29, 1.82) is 5.26 Å². The van der Waals surface area contributed by atoms with Gasteiger partial charge in [-0.15, -0.1) is 10.2 Å². The molecule has 8 heteroatoms. The SMILES string of the molecule is CCn1cnnc1S[C@@H](C)C(=O)Nc1ccc(C#N)c(Cl)c1. The monoisotopic (exact) mass is 335 g/mol. The van der Waals surface area contributed by atoms with Gasteiger partial charge in [0.1, 0.15) is 12.4 Å². The van der Waals surface area contributed by atoms with Crippen molar-refractivity contribution in [2.75, 3.05) is 5.32 Å². The molecule has 22 heavy (non-hydrogen) atoms. The van der Waals surface area contributed by atoms with Crippen molar-refractivity contribution in [2.45, 2.75) is 30.8 Å². The molecule has 0 aliphatic rings. The van der Waals surface area contributed by atoms with Gasteiger partial charge >= 0.3 is 0 Å². The predicted octanol–water partition coefficient (Wildman–Crippen LogP) is 2.94. The summed E-state index contributed by atoms with van der Waals surface area (Å²) in [5, 5.41) is 20.1. The molecular weight excluding hydrogens is 322 g/mol. The van der Waals surface area contributed by atoms with Crippen molar-refractivity contribution in [3.8, 4) is 6.07 Å². The van der Waals surface area contributed by atoms with E-state index in [9.17, 15) is 4.79 Å². The van der Waals surface area contributed by atoms with Crippen molar-refractivity contribution >= 4 is 35.0 Å². The zero-order valence-corrected chi connectivity index (χ0v) is 13.6. The third-order valence-corrected chi connectivity index (χ3v) is 4.34. The number of hydrogen-bond donors (Lipinski definition) is 1. The predicted molar refractivity (Wildman–Crippen MR) is 85.8 cm³/mol. The van der Waals surface area contributed by atoms with Crippen LogP contribution in [0.25, 0.3) is 0 Å². The second-order valence-corrected chi connectivity index (χ2v) is 6.17. The molecular formula is C14H14ClN5OS. The second kappa shape index (κ2) is 7.29. The third kappa shape index (κ3) is 3.78. The zero-order valence-electron chi connectivity index (χ0n) is 12.1. The summed E-state index contributed by atoms with van der Waals surface area (Å²) in [6.45, 7) is 4.52. The second-order valence-electron chi connectivity index (χ2n) is 4.46. The van der Waals surface area contributed by atoms with E-state index in [0.29, 0.717) is 21.4 Å². The molecule has 0 saturated heterocycles. The van der Waals surface area contributed by atoms with Gasteiger partial charge in [-0.2, -0.15) is 5.26 Å². The number of benzene rings is 1. The topological polar surface area (TPSA) is 83.6 Å². The summed E-state index contributed by atoms with van der Waals surface area (Å²) in [5.41, 5.74) is 0.927. The Morgan fingerprint density at radius 3 is 3.00 bits per heavy atom. The van der Waals surface area contributed by atoms with Gasteiger partial charge in [0.15, 0.2) is 5.16 Å². The average Bonchev–Trinajstić information content (AvgIpc) is 2.94. The fraction of sp³-hybridized carbons (Fsp3) is 0.286. The molecule has 0 unspecified atom stereocenters. The highest BCUT2D eigenvalue weighted by Gasteiger charge is 2.18. The number of carbonyl (C=O) groups excluding carboxylic acids is 1. The highest BCUT2D eigenvalue weighted by molar-refractivity contribution is 8.00. The van der Waals surface area contributed by atoms with E-state index in [1.807, 2.05) is 17.6 Å². The number of thioether (sulfide) groups is 1. The van der Waals surface area contributed by atoms with Crippen LogP contribution in [-0.2, 0) is 11.3 Å². The third-order valence-electron chi connectivity index (χ3n) is 2.93. The maximum Gasteiger partial charge on any atom is 0.237 e. The molecule has 114 valence electrons. The molecule has 1 N–H and O–H groups in total. The molecule has 2 rings (SSSR count). The van der Waals surface area contributed by atoms with Gasteiger partial charge in [-0.05, 0) is 32.0 Å². The minimum Gasteiger partial charge on any atom is -0.325 e. The van der Waals surface area contributed by atoms with E-state index in [-0.39, 0.29) is 11.2 Å². The molecule has 0 fully saturated rings. The number of nitriles is 1. The first kappa shape index (κ1) is 16.3. The summed E-state index contributed by atoms with van der Waals surface area (Å²) in [4.78, 5) is 12.2. The molecule has 1 heterocycles. The molecule has 1 aromatic heterocycles. The van der Waals surface area contributed by atoms with Crippen LogP contribution in [0.2, 0.25) is 5.02 Å². The van der Waals surface area contributed by atoms with Crippen LogP contribution in [-0.4, -0.2) is 25.9 Å². The standard InChI is InChI=1S/C14H14ClN5OS/c1-3-20-8-17-19-14(20)22-9(2)13(21)18-11-5-4-10(7-16)12(15)6-11/h4-6,8-9H,3H2,1-2H3,(H,18,21)/t9-/m0/s1. The van der Waals surface area contributed by atoms with Crippen molar-refractivity contribution in [1.82, 2.24) is 14.8 Å². The van der Waals surface area contributed by atoms with E-state index in [0.717, 1.165) is 6.54 Å². The van der Waals surface area contributed by atoms with E-state index in [2.05, 4.69) is 15.5 Å². The lowest BCUT2D eigenvalue weighted by Gasteiger charge is -2.12. The fourth-order valence-electron chi connectivity index (χ4n) is 1.69. The number of aryl methyl sites for hydroxylation is 1. The molecule has 0 spiro atoms. The van der Waals surface area contributed by atoms with Crippen LogP contribution in [0.5, 0.6) is 0 Å². The minimum absolute atomic E-state index is 0.170. The van der Waals surface area contributed by atoms with Crippen molar-refractivity contribution in [3.05, 3.63) is 35.1 Å². The van der Waals surface area contributed by atoms with E-state index >= 15 is 0 Å². The van der Waals surface area contributed by atoms with Gasteiger partial charge in [0, 0.05) is 12.2 Å². The Balaban J connectivity index is 2.02. The maximum absolute atomic E-state index is 12.2. The Morgan fingerprint density at radius 2 is 2.36 bits per heavy atom. The Morgan fingerprint density at radius 1 is 1.59 bits per heavy atom. The molecule has 2 aromatic rings. The lowest BCUT2D eigenvalue weighted by atomic mass is 10.2. The summed E-state index contributed by atoms with van der Waals surface area (Å²) >= 11 is 7.28. The van der Waals surface area contributed by atoms with E-state index in [1.165, 1.54) is 11.8 Å². The molecule has 1 amide bonds. The summed E-state index contributed by atoms with van der Waals surface area (Å²) < 4.78 is 1.87. The van der Waals surface area contributed by atoms with Crippen LogP contribution < -0.4 is 5.32 Å². The number of nitrogens with zero attached hydrogens (tertiary/aromatic N) is 4. The number of aromatic nitrogens is 3. The van der Waals surface area contributed by atoms with E-state index in [4.69, 9.17) is 16.9 Å². The zero-order chi connectivity index (χ0) is 16.1. The van der Waals surface area contributed by atoms with Crippen molar-refractivity contribution in [3.63, 3.8) is 0 Å². The van der Waals surface area contributed by atoms with E-state index < -0.39 is 0 Å². The summed E-state index contributed by atoms with van der Waals surface area (Å²) in [6, 6.07) is 6.75. The molecule has 0 bridgehead atoms. The fourth-order valence-corrected chi connectivity index (χ4v) is 2.80. The number of rotatable bonds is 5. The first-order chi connectivity index (χ1) is 10.5. The molecule has 0 radical (unpaired) electrons. The van der Waals surface area contributed by atoms with Gasteiger partial charge in [-0.3, -0.25) is 4.79 Å². The molecule has 0 aliphatic carbocycles. The van der Waals surface area contributed by atoms with Crippen LogP contribution in [0.4, 0.5) is 5.69 Å². The van der Waals surface area contributed by atoms with Crippen LogP contribution >= 0.6 is 23.4 Å². The lowest BCUT2D eigenvalue weighted by molar-refractivity contribution is -0.115. The molecule has 0 aliphatic heterocycles. The highest BCUT2D eigenvalue weighted by atomic mass is 35.5. The molecule has 6 nitrogen and oxygen atoms in total. The average molecular weight is 336 g/mol. The quantitative estimate of drug-likeness (QED) is 0.849. The number of amides is 1. The first-order valence-corrected chi connectivity index (χ1v) is 7.86. The van der Waals surface area contributed by atoms with Gasteiger partial charge in [-0.1, -0.05) is 23.4 Å². The highest BCUT2D eigenvalue weighted by Crippen LogP contribution is 2.24. The number of anilines is 1. The Hall–Kier alpha value is -2.04. The van der Waals surface area contributed by atoms with E-state index in [1.54, 1.807) is 31.5 Å². The van der Waals surface area contributed by atoms with Gasteiger partial charge in [0.2, 0.25) is 5.91 Å². The Labute approximate surface area is 137 Å². The largest absolute Gasteiger partial charge is 0.325 e. The summed E-state index contributed by atoms with van der Waals surface area (Å²) in [6.07, 6.45) is 1.63. The first-order valence-electron chi connectivity index (χ1n) is 6.60. The number of halogens is 1. The van der Waals surface area contributed by atoms with Crippen LogP contribution in [0, 0.1) is 11.3 Å². The van der Waals surface area contributed by atoms with Crippen molar-refractivity contribution in [2.24, 2.45) is 0 Å². The van der Waals surface area contributed by atoms with Gasteiger partial charge in [0.05, 0.1) is 15.8 Å². The Bertz CT molecular complexity index is 724. The molecule has 0 saturated carbocycles. The normalized spacial score (nSPS) is 11.7. The van der Waals surface area contributed by atoms with Crippen molar-refractivity contribution < 1.29 is 4.79 Å². The number of hydrogen-bond acceptors (Lipinski definition) is 5. The van der Waals surface area contributed by atoms with Crippen LogP contribution in [0.15, 0.2) is 29.7 Å². The number of nitrogens with one attached hydrogen (secondary N) is 1. The van der Waals surface area contributed by atoms with Gasteiger partial charge in [-0.25, -0.2) is 0 Å². The maximum atomic E-state index is 12.2. The molecule has 1 atom stereocenters. The summed E-state index contributed by atoms with van der Waals surface area (Å²) in [7, 11) is 0. The van der Waals surface area contributed by atoms with Crippen LogP contribution in [0.1, 0.15) is 19.4 Å². The smallest absolute Gasteiger partial charge is 0.237 e. The van der Waals surface area contributed by atoms with Gasteiger partial charge < -0.3 is 9.88 Å². The number of carbonyl (C=O) groups is 1. The van der Waals surface area contributed by atoms with Crippen LogP contribution in [0.3, 0.4) is 0 Å². The van der Waals surface area contributed by atoms with Gasteiger partial charge in [0.25, 0.3) is 0 Å².